The molecule has 0 fully saturated rings. The molecule has 0 aliphatic carbocycles. The van der Waals surface area contributed by atoms with E-state index in [4.69, 9.17) is 21.4 Å². The highest BCUT2D eigenvalue weighted by Crippen LogP contribution is 2.33. The van der Waals surface area contributed by atoms with Gasteiger partial charge in [-0.1, -0.05) is 11.6 Å². The predicted molar refractivity (Wildman–Crippen MR) is 71.9 cm³/mol. The van der Waals surface area contributed by atoms with Gasteiger partial charge in [-0.15, -0.1) is 0 Å². The third-order valence-corrected chi connectivity index (χ3v) is 3.23. The fourth-order valence-electron chi connectivity index (χ4n) is 2.20. The van der Waals surface area contributed by atoms with Crippen molar-refractivity contribution in [2.24, 2.45) is 0 Å². The molecule has 106 valence electrons. The summed E-state index contributed by atoms with van der Waals surface area (Å²) in [6, 6.07) is 0. The molecule has 0 spiro atoms. The van der Waals surface area contributed by atoms with Gasteiger partial charge in [0.25, 0.3) is 0 Å². The van der Waals surface area contributed by atoms with Crippen LogP contribution in [0, 0.1) is 6.92 Å². The molecule has 19 heavy (non-hydrogen) atoms. The Morgan fingerprint density at radius 3 is 2.26 bits per heavy atom. The predicted octanol–water partition coefficient (Wildman–Crippen LogP) is 2.62. The van der Waals surface area contributed by atoms with Crippen LogP contribution in [0.15, 0.2) is 0 Å². The normalized spacial score (nSPS) is 11.5. The number of halogens is 1. The number of esters is 1. The molecule has 0 aromatic carbocycles. The summed E-state index contributed by atoms with van der Waals surface area (Å²) in [5, 5.41) is 9.22. The standard InChI is InChI=1S/C13H18ClNO4/c1-7-10(12(18)19-5)8(6-9(16)17)11(14)15(7)13(2,3)4/h6H2,1-5H3,(H,16,17). The summed E-state index contributed by atoms with van der Waals surface area (Å²) in [7, 11) is 1.26. The highest BCUT2D eigenvalue weighted by molar-refractivity contribution is 6.31. The van der Waals surface area contributed by atoms with Crippen molar-refractivity contribution in [1.82, 2.24) is 4.57 Å². The average molecular weight is 288 g/mol. The zero-order valence-corrected chi connectivity index (χ0v) is 12.5. The van der Waals surface area contributed by atoms with Gasteiger partial charge in [0.15, 0.2) is 0 Å². The first kappa shape index (κ1) is 15.6. The van der Waals surface area contributed by atoms with Crippen LogP contribution in [0.25, 0.3) is 0 Å². The van der Waals surface area contributed by atoms with Gasteiger partial charge >= 0.3 is 11.9 Å². The Balaban J connectivity index is 3.60. The Labute approximate surface area is 117 Å². The Bertz CT molecular complexity index is 526. The smallest absolute Gasteiger partial charge is 0.340 e. The van der Waals surface area contributed by atoms with E-state index in [2.05, 4.69) is 0 Å². The van der Waals surface area contributed by atoms with E-state index in [1.807, 2.05) is 20.8 Å². The van der Waals surface area contributed by atoms with Gasteiger partial charge < -0.3 is 14.4 Å². The SMILES string of the molecule is COC(=O)c1c(CC(=O)O)c(Cl)n(C(C)(C)C)c1C. The third kappa shape index (κ3) is 2.92. The van der Waals surface area contributed by atoms with E-state index < -0.39 is 11.9 Å². The number of ether oxygens (including phenoxy) is 1. The van der Waals surface area contributed by atoms with E-state index in [9.17, 15) is 9.59 Å². The topological polar surface area (TPSA) is 68.5 Å². The molecule has 0 radical (unpaired) electrons. The summed E-state index contributed by atoms with van der Waals surface area (Å²) < 4.78 is 6.47. The lowest BCUT2D eigenvalue weighted by Crippen LogP contribution is -2.23. The summed E-state index contributed by atoms with van der Waals surface area (Å²) in [4.78, 5) is 22.8. The average Bonchev–Trinajstić information content (AvgIpc) is 2.48. The van der Waals surface area contributed by atoms with Crippen LogP contribution < -0.4 is 0 Å². The number of nitrogens with zero attached hydrogens (tertiary/aromatic N) is 1. The Morgan fingerprint density at radius 2 is 1.89 bits per heavy atom. The first-order valence-corrected chi connectivity index (χ1v) is 6.19. The van der Waals surface area contributed by atoms with Crippen LogP contribution >= 0.6 is 11.6 Å². The Hall–Kier alpha value is -1.49. The maximum absolute atomic E-state index is 11.8. The minimum Gasteiger partial charge on any atom is -0.481 e. The summed E-state index contributed by atoms with van der Waals surface area (Å²) in [5.41, 5.74) is 0.791. The van der Waals surface area contributed by atoms with Crippen molar-refractivity contribution in [1.29, 1.82) is 0 Å². The minimum absolute atomic E-state index is 0.241. The van der Waals surface area contributed by atoms with Crippen molar-refractivity contribution < 1.29 is 19.4 Å². The molecular weight excluding hydrogens is 270 g/mol. The number of methoxy groups -OCH3 is 1. The maximum atomic E-state index is 11.8. The molecule has 0 unspecified atom stereocenters. The van der Waals surface area contributed by atoms with Crippen molar-refractivity contribution in [3.05, 3.63) is 22.0 Å². The van der Waals surface area contributed by atoms with Gasteiger partial charge in [0.05, 0.1) is 19.1 Å². The molecule has 1 rings (SSSR count). The summed E-state index contributed by atoms with van der Waals surface area (Å²) in [6.07, 6.45) is -0.312. The van der Waals surface area contributed by atoms with Crippen LogP contribution in [0.2, 0.25) is 5.15 Å². The number of carbonyl (C=O) groups excluding carboxylic acids is 1. The number of rotatable bonds is 3. The van der Waals surface area contributed by atoms with Gasteiger partial charge in [-0.25, -0.2) is 4.79 Å². The highest BCUT2D eigenvalue weighted by Gasteiger charge is 2.30. The first-order chi connectivity index (χ1) is 8.61. The highest BCUT2D eigenvalue weighted by atomic mass is 35.5. The quantitative estimate of drug-likeness (QED) is 0.868. The molecule has 0 saturated carbocycles. The number of aromatic nitrogens is 1. The molecule has 0 amide bonds. The zero-order valence-electron chi connectivity index (χ0n) is 11.7. The second-order valence-corrected chi connectivity index (χ2v) is 5.66. The van der Waals surface area contributed by atoms with Gasteiger partial charge in [-0.05, 0) is 27.7 Å². The minimum atomic E-state index is -1.04. The largest absolute Gasteiger partial charge is 0.481 e. The molecule has 1 N–H and O–H groups in total. The van der Waals surface area contributed by atoms with E-state index in [0.717, 1.165) is 0 Å². The van der Waals surface area contributed by atoms with Gasteiger partial charge in [0, 0.05) is 16.8 Å². The maximum Gasteiger partial charge on any atom is 0.340 e. The van der Waals surface area contributed by atoms with Gasteiger partial charge in [0.1, 0.15) is 5.15 Å². The molecule has 0 atom stereocenters. The number of hydrogen-bond acceptors (Lipinski definition) is 3. The van der Waals surface area contributed by atoms with Gasteiger partial charge in [-0.2, -0.15) is 0 Å². The van der Waals surface area contributed by atoms with Crippen LogP contribution in [0.5, 0.6) is 0 Å². The van der Waals surface area contributed by atoms with E-state index in [1.165, 1.54) is 7.11 Å². The summed E-state index contributed by atoms with van der Waals surface area (Å²) in [5.74, 6) is -1.61. The van der Waals surface area contributed by atoms with Crippen molar-refractivity contribution in [2.45, 2.75) is 39.7 Å². The molecule has 1 aromatic rings. The number of carbonyl (C=O) groups is 2. The lowest BCUT2D eigenvalue weighted by atomic mass is 10.1. The van der Waals surface area contributed by atoms with Crippen molar-refractivity contribution in [3.8, 4) is 0 Å². The number of aliphatic carboxylic acids is 1. The van der Waals surface area contributed by atoms with Gasteiger partial charge in [-0.3, -0.25) is 4.79 Å². The van der Waals surface area contributed by atoms with Crippen molar-refractivity contribution >= 4 is 23.5 Å². The Kier molecular flexibility index (Phi) is 4.30. The molecular formula is C13H18ClNO4. The van der Waals surface area contributed by atoms with Crippen LogP contribution in [-0.4, -0.2) is 28.7 Å². The molecule has 1 heterocycles. The molecule has 1 aromatic heterocycles. The first-order valence-electron chi connectivity index (χ1n) is 5.81. The monoisotopic (exact) mass is 287 g/mol. The Morgan fingerprint density at radius 1 is 1.37 bits per heavy atom. The van der Waals surface area contributed by atoms with E-state index in [0.29, 0.717) is 11.3 Å². The molecule has 0 saturated heterocycles. The summed E-state index contributed by atoms with van der Waals surface area (Å²) in [6.45, 7) is 7.52. The summed E-state index contributed by atoms with van der Waals surface area (Å²) >= 11 is 6.26. The van der Waals surface area contributed by atoms with Crippen LogP contribution in [0.3, 0.4) is 0 Å². The van der Waals surface area contributed by atoms with E-state index in [-0.39, 0.29) is 22.7 Å². The number of hydrogen-bond donors (Lipinski definition) is 1. The lowest BCUT2D eigenvalue weighted by molar-refractivity contribution is -0.136. The second kappa shape index (κ2) is 5.25. The zero-order chi connectivity index (χ0) is 15.0. The van der Waals surface area contributed by atoms with Crippen molar-refractivity contribution in [3.63, 3.8) is 0 Å². The van der Waals surface area contributed by atoms with Crippen molar-refractivity contribution in [2.75, 3.05) is 7.11 Å². The number of carboxylic acid groups (broad SMARTS) is 1. The third-order valence-electron chi connectivity index (χ3n) is 2.83. The second-order valence-electron chi connectivity index (χ2n) is 5.30. The van der Waals surface area contributed by atoms with E-state index >= 15 is 0 Å². The molecule has 0 bridgehead atoms. The molecule has 6 heteroatoms. The molecule has 0 aliphatic heterocycles. The molecule has 0 aliphatic rings. The fourth-order valence-corrected chi connectivity index (χ4v) is 2.74. The van der Waals surface area contributed by atoms with Crippen LogP contribution in [0.4, 0.5) is 0 Å². The van der Waals surface area contributed by atoms with Crippen LogP contribution in [0.1, 0.15) is 42.4 Å². The lowest BCUT2D eigenvalue weighted by Gasteiger charge is -2.25. The fraction of sp³-hybridized carbons (Fsp3) is 0.538. The van der Waals surface area contributed by atoms with Gasteiger partial charge in [0.2, 0.25) is 0 Å². The number of carboxylic acids is 1. The molecule has 5 nitrogen and oxygen atoms in total. The van der Waals surface area contributed by atoms with E-state index in [1.54, 1.807) is 11.5 Å². The van der Waals surface area contributed by atoms with Crippen LogP contribution in [-0.2, 0) is 21.5 Å².